The first-order valence-electron chi connectivity index (χ1n) is 29.7. The fourth-order valence-electron chi connectivity index (χ4n) is 12.7. The molecule has 0 atom stereocenters. The quantitative estimate of drug-likeness (QED) is 0.140. The number of fused-ring (bicyclic) bond motifs is 4. The third kappa shape index (κ3) is 10.3. The molecule has 0 fully saturated rings. The van der Waals surface area contributed by atoms with Crippen molar-refractivity contribution in [2.75, 3.05) is 9.80 Å². The molecule has 2 heterocycles. The van der Waals surface area contributed by atoms with E-state index in [1.165, 1.54) is 128 Å². The molecule has 11 rings (SSSR count). The summed E-state index contributed by atoms with van der Waals surface area (Å²) in [5, 5.41) is 2.91. The Morgan fingerprint density at radius 3 is 0.901 bits per heavy atom. The zero-order valence-corrected chi connectivity index (χ0v) is 53.9. The number of nitrogens with zero attached hydrogens (tertiary/aromatic N) is 2. The molecule has 81 heavy (non-hydrogen) atoms. The highest BCUT2D eigenvalue weighted by Crippen LogP contribution is 2.48. The van der Waals surface area contributed by atoms with Crippen LogP contribution in [0.3, 0.4) is 0 Å². The average Bonchev–Trinajstić information content (AvgIpc) is 1.74. The monoisotopic (exact) mass is 1090 g/mol. The van der Waals surface area contributed by atoms with Crippen molar-refractivity contribution in [3.05, 3.63) is 210 Å². The molecule has 9 aromatic rings. The van der Waals surface area contributed by atoms with Gasteiger partial charge in [-0.2, -0.15) is 0 Å². The largest absolute Gasteiger partial charge is 0.312 e. The predicted molar refractivity (Wildman–Crippen MR) is 363 cm³/mol. The summed E-state index contributed by atoms with van der Waals surface area (Å²) < 4.78 is 0. The first kappa shape index (κ1) is 56.0. The van der Waals surface area contributed by atoms with E-state index < -0.39 is 16.1 Å². The smallest absolute Gasteiger partial charge is 0.252 e. The van der Waals surface area contributed by atoms with E-state index in [1.807, 2.05) is 0 Å². The lowest BCUT2D eigenvalue weighted by atomic mass is 9.33. The van der Waals surface area contributed by atoms with Gasteiger partial charge in [0.05, 0.1) is 16.1 Å². The summed E-state index contributed by atoms with van der Waals surface area (Å²) in [4.78, 5) is 5.33. The lowest BCUT2D eigenvalue weighted by molar-refractivity contribution is 0.568. The maximum absolute atomic E-state index is 2.66. The molecule has 410 valence electrons. The van der Waals surface area contributed by atoms with Crippen molar-refractivity contribution >= 4 is 83.7 Å². The molecule has 0 unspecified atom stereocenters. The van der Waals surface area contributed by atoms with Crippen molar-refractivity contribution in [2.45, 2.75) is 144 Å². The molecule has 2 nitrogen and oxygen atoms in total. The van der Waals surface area contributed by atoms with Crippen LogP contribution in [0.2, 0.25) is 39.3 Å². The van der Waals surface area contributed by atoms with Gasteiger partial charge in [0.15, 0.2) is 0 Å². The van der Waals surface area contributed by atoms with Gasteiger partial charge in [0.25, 0.3) is 6.71 Å². The summed E-state index contributed by atoms with van der Waals surface area (Å²) in [6.45, 7) is 43.0. The molecule has 0 amide bonds. The highest BCUT2D eigenvalue weighted by molar-refractivity contribution is 7.00. The van der Waals surface area contributed by atoms with Crippen LogP contribution < -0.4 is 36.6 Å². The molecule has 0 aromatic heterocycles. The van der Waals surface area contributed by atoms with E-state index in [1.54, 1.807) is 0 Å². The summed E-state index contributed by atoms with van der Waals surface area (Å²) in [7, 11) is -3.79. The second-order valence-electron chi connectivity index (χ2n) is 29.6. The molecule has 0 N–H and O–H groups in total. The van der Waals surface area contributed by atoms with E-state index in [2.05, 4.69) is 320 Å². The normalized spacial score (nSPS) is 13.7. The van der Waals surface area contributed by atoms with Crippen LogP contribution >= 0.6 is 0 Å². The van der Waals surface area contributed by atoms with Crippen LogP contribution in [0.15, 0.2) is 188 Å². The van der Waals surface area contributed by atoms with Gasteiger partial charge in [-0.1, -0.05) is 274 Å². The summed E-state index contributed by atoms with van der Waals surface area (Å²) in [6.07, 6.45) is 0. The van der Waals surface area contributed by atoms with Gasteiger partial charge in [0.2, 0.25) is 0 Å². The van der Waals surface area contributed by atoms with Crippen LogP contribution in [-0.2, 0) is 21.7 Å². The van der Waals surface area contributed by atoms with Gasteiger partial charge >= 0.3 is 0 Å². The van der Waals surface area contributed by atoms with E-state index in [-0.39, 0.29) is 28.4 Å². The molecule has 0 radical (unpaired) electrons. The summed E-state index contributed by atoms with van der Waals surface area (Å²) in [5.41, 5.74) is 26.9. The third-order valence-corrected chi connectivity index (χ3v) is 21.4. The highest BCUT2D eigenvalue weighted by Gasteiger charge is 2.45. The standard InChI is InChI=1S/C76H85BN2Si2/c1-73(2,3)54-42-52(43-55(48-54)74(4,5)6)60-30-21-19-28-58(60)50-38-40-62-68(46-50)78(64-32-23-25-36-70(64)80(13,14)15)66-34-27-35-67-72(66)77(62)63-41-39-51(47-69(63)79(67)65-33-24-26-37-71(65)81(16,17)18)59-29-20-22-31-61(59)53-44-56(75(7,8)9)49-57(45-53)76(10,11)12/h19-49H,1-18H3. The zero-order valence-electron chi connectivity index (χ0n) is 51.9. The molecular weight excluding hydrogens is 1010 g/mol. The fourth-order valence-corrected chi connectivity index (χ4v) is 15.8. The second-order valence-corrected chi connectivity index (χ2v) is 39.7. The summed E-state index contributed by atoms with van der Waals surface area (Å²) in [6, 6.07) is 73.6. The Balaban J connectivity index is 1.19. The second kappa shape index (κ2) is 19.9. The topological polar surface area (TPSA) is 6.48 Å². The number of rotatable bonds is 8. The molecule has 0 saturated heterocycles. The third-order valence-electron chi connectivity index (χ3n) is 17.3. The zero-order chi connectivity index (χ0) is 57.9. The minimum atomic E-state index is -1.89. The van der Waals surface area contributed by atoms with E-state index in [0.29, 0.717) is 0 Å². The minimum absolute atomic E-state index is 0.00570. The van der Waals surface area contributed by atoms with Gasteiger partial charge in [-0.3, -0.25) is 0 Å². The first-order chi connectivity index (χ1) is 38.0. The molecule has 9 aromatic carbocycles. The first-order valence-corrected chi connectivity index (χ1v) is 36.7. The molecule has 0 aliphatic carbocycles. The number of hydrogen-bond acceptors (Lipinski definition) is 2. The van der Waals surface area contributed by atoms with E-state index in [9.17, 15) is 0 Å². The van der Waals surface area contributed by atoms with Crippen LogP contribution in [0.5, 0.6) is 0 Å². The fraction of sp³-hybridized carbons (Fsp3) is 0.289. The minimum Gasteiger partial charge on any atom is -0.312 e. The Morgan fingerprint density at radius 2 is 0.580 bits per heavy atom. The van der Waals surface area contributed by atoms with Crippen molar-refractivity contribution in [1.29, 1.82) is 0 Å². The molecular formula is C76H85BN2Si2. The van der Waals surface area contributed by atoms with Crippen molar-refractivity contribution < 1.29 is 0 Å². The summed E-state index contributed by atoms with van der Waals surface area (Å²) >= 11 is 0. The van der Waals surface area contributed by atoms with Crippen LogP contribution in [0.4, 0.5) is 34.1 Å². The van der Waals surface area contributed by atoms with E-state index in [4.69, 9.17) is 0 Å². The Labute approximate surface area is 489 Å². The molecule has 2 aliphatic rings. The van der Waals surface area contributed by atoms with Crippen LogP contribution in [0.1, 0.15) is 105 Å². The lowest BCUT2D eigenvalue weighted by Crippen LogP contribution is -2.62. The van der Waals surface area contributed by atoms with Crippen LogP contribution in [0.25, 0.3) is 44.5 Å². The highest BCUT2D eigenvalue weighted by atomic mass is 28.3. The Kier molecular flexibility index (Phi) is 13.8. The van der Waals surface area contributed by atoms with Gasteiger partial charge in [-0.25, -0.2) is 0 Å². The molecule has 0 saturated carbocycles. The Bertz CT molecular complexity index is 3600. The van der Waals surface area contributed by atoms with Gasteiger partial charge < -0.3 is 9.80 Å². The Hall–Kier alpha value is -6.92. The predicted octanol–water partition coefficient (Wildman–Crippen LogP) is 18.7. The van der Waals surface area contributed by atoms with Gasteiger partial charge in [0.1, 0.15) is 0 Å². The van der Waals surface area contributed by atoms with Crippen molar-refractivity contribution in [3.63, 3.8) is 0 Å². The van der Waals surface area contributed by atoms with Gasteiger partial charge in [-0.05, 0) is 152 Å². The number of anilines is 6. The van der Waals surface area contributed by atoms with E-state index >= 15 is 0 Å². The number of benzene rings is 9. The van der Waals surface area contributed by atoms with E-state index in [0.717, 1.165) is 0 Å². The average molecular weight is 1090 g/mol. The van der Waals surface area contributed by atoms with Crippen LogP contribution in [0, 0.1) is 0 Å². The lowest BCUT2D eigenvalue weighted by Gasteiger charge is -2.45. The molecule has 0 spiro atoms. The van der Waals surface area contributed by atoms with Gasteiger partial charge in [-0.15, -0.1) is 0 Å². The van der Waals surface area contributed by atoms with Crippen LogP contribution in [-0.4, -0.2) is 22.9 Å². The van der Waals surface area contributed by atoms with Gasteiger partial charge in [0, 0.05) is 34.1 Å². The van der Waals surface area contributed by atoms with Crippen molar-refractivity contribution in [3.8, 4) is 44.5 Å². The number of hydrogen-bond donors (Lipinski definition) is 0. The SMILES string of the molecule is CC(C)(C)c1cc(-c2ccccc2-c2ccc3c(c2)N(c2ccccc2[Si](C)(C)C)c2cccc4c2B3c2ccc(-c3ccccc3-c3cc(C(C)(C)C)cc(C(C)(C)C)c3)cc2N4c2ccccc2[Si](C)(C)C)cc(C(C)(C)C)c1. The summed E-state index contributed by atoms with van der Waals surface area (Å²) in [5.74, 6) is 0. The molecule has 2 aliphatic heterocycles. The number of para-hydroxylation sites is 2. The van der Waals surface area contributed by atoms with Crippen molar-refractivity contribution in [1.82, 2.24) is 0 Å². The maximum atomic E-state index is 2.66. The Morgan fingerprint density at radius 1 is 0.284 bits per heavy atom. The maximum Gasteiger partial charge on any atom is 0.252 e. The van der Waals surface area contributed by atoms with Crippen molar-refractivity contribution in [2.24, 2.45) is 0 Å². The molecule has 0 bridgehead atoms. The molecule has 5 heteroatoms.